The number of carbonyl (C=O) groups excluding carboxylic acids is 1. The Morgan fingerprint density at radius 3 is 2.38 bits per heavy atom. The van der Waals surface area contributed by atoms with Crippen LogP contribution in [0.15, 0.2) is 47.7 Å². The van der Waals surface area contributed by atoms with E-state index in [0.29, 0.717) is 0 Å². The number of aromatic nitrogens is 1. The highest BCUT2D eigenvalue weighted by Crippen LogP contribution is 2.31. The van der Waals surface area contributed by atoms with Crippen LogP contribution < -0.4 is 5.32 Å². The van der Waals surface area contributed by atoms with Gasteiger partial charge in [0, 0.05) is 22.5 Å². The Bertz CT molecular complexity index is 764. The zero-order valence-electron chi connectivity index (χ0n) is 12.4. The average Bonchev–Trinajstić information content (AvgIpc) is 2.91. The standard InChI is InChI=1S/C18H18N2O/c1-11-9-12(2)19-15(11)10-16-17(13(3)18(21)20-16)14-7-5-4-6-8-14/h4-10,19H,1-3H3,(H,20,21)/b16-10-. The smallest absolute Gasteiger partial charge is 0.252 e. The van der Waals surface area contributed by atoms with Gasteiger partial charge in [-0.05, 0) is 44.0 Å². The molecule has 2 aromatic rings. The van der Waals surface area contributed by atoms with Crippen LogP contribution in [0.1, 0.15) is 29.4 Å². The summed E-state index contributed by atoms with van der Waals surface area (Å²) in [6, 6.07) is 12.1. The van der Waals surface area contributed by atoms with E-state index < -0.39 is 0 Å². The van der Waals surface area contributed by atoms with Crippen molar-refractivity contribution in [3.05, 3.63) is 70.2 Å². The van der Waals surface area contributed by atoms with Gasteiger partial charge >= 0.3 is 0 Å². The molecule has 1 aliphatic heterocycles. The molecule has 0 atom stereocenters. The number of amides is 1. The topological polar surface area (TPSA) is 44.9 Å². The highest BCUT2D eigenvalue weighted by Gasteiger charge is 2.25. The number of carbonyl (C=O) groups is 1. The predicted octanol–water partition coefficient (Wildman–Crippen LogP) is 3.58. The SMILES string of the molecule is CC1=C(c2ccccc2)/C(=C/c2[nH]c(C)cc2C)NC1=O. The number of benzene rings is 1. The summed E-state index contributed by atoms with van der Waals surface area (Å²) in [5.74, 6) is -0.0268. The number of rotatable bonds is 2. The van der Waals surface area contributed by atoms with Crippen molar-refractivity contribution in [2.45, 2.75) is 20.8 Å². The summed E-state index contributed by atoms with van der Waals surface area (Å²) in [7, 11) is 0. The van der Waals surface area contributed by atoms with Crippen LogP contribution in [0.2, 0.25) is 0 Å². The summed E-state index contributed by atoms with van der Waals surface area (Å²) in [4.78, 5) is 15.4. The molecule has 2 heterocycles. The zero-order chi connectivity index (χ0) is 15.0. The lowest BCUT2D eigenvalue weighted by atomic mass is 10.00. The maximum Gasteiger partial charge on any atom is 0.252 e. The number of allylic oxidation sites excluding steroid dienone is 1. The lowest BCUT2D eigenvalue weighted by Gasteiger charge is -2.06. The summed E-state index contributed by atoms with van der Waals surface area (Å²) in [5, 5.41) is 2.97. The van der Waals surface area contributed by atoms with Crippen molar-refractivity contribution in [3.8, 4) is 0 Å². The zero-order valence-corrected chi connectivity index (χ0v) is 12.4. The third-order valence-corrected chi connectivity index (χ3v) is 3.77. The molecule has 106 valence electrons. The molecule has 1 aromatic carbocycles. The van der Waals surface area contributed by atoms with Crippen molar-refractivity contribution in [2.75, 3.05) is 0 Å². The maximum absolute atomic E-state index is 12.0. The van der Waals surface area contributed by atoms with E-state index in [1.54, 1.807) is 0 Å². The first kappa shape index (κ1) is 13.4. The minimum absolute atomic E-state index is 0.0268. The van der Waals surface area contributed by atoms with Gasteiger partial charge in [0.05, 0.1) is 5.70 Å². The minimum Gasteiger partial charge on any atom is -0.359 e. The fraction of sp³-hybridized carbons (Fsp3) is 0.167. The highest BCUT2D eigenvalue weighted by molar-refractivity contribution is 6.12. The van der Waals surface area contributed by atoms with Gasteiger partial charge in [0.25, 0.3) is 5.91 Å². The van der Waals surface area contributed by atoms with Crippen LogP contribution in [0.4, 0.5) is 0 Å². The molecule has 0 radical (unpaired) electrons. The second kappa shape index (κ2) is 5.09. The fourth-order valence-electron chi connectivity index (χ4n) is 2.72. The van der Waals surface area contributed by atoms with Crippen LogP contribution >= 0.6 is 0 Å². The molecule has 0 unspecified atom stereocenters. The summed E-state index contributed by atoms with van der Waals surface area (Å²) in [6.07, 6.45) is 2.01. The average molecular weight is 278 g/mol. The van der Waals surface area contributed by atoms with E-state index in [2.05, 4.69) is 23.3 Å². The van der Waals surface area contributed by atoms with E-state index in [9.17, 15) is 4.79 Å². The Hall–Kier alpha value is -2.55. The number of H-pyrrole nitrogens is 1. The molecule has 3 rings (SSSR count). The number of hydrogen-bond donors (Lipinski definition) is 2. The summed E-state index contributed by atoms with van der Waals surface area (Å²) in [5.41, 5.74) is 6.97. The van der Waals surface area contributed by atoms with Crippen LogP contribution in [0, 0.1) is 13.8 Å². The first-order chi connectivity index (χ1) is 10.1. The van der Waals surface area contributed by atoms with Gasteiger partial charge in [-0.25, -0.2) is 0 Å². The molecule has 3 heteroatoms. The molecule has 1 aliphatic rings. The van der Waals surface area contributed by atoms with Crippen LogP contribution in [-0.4, -0.2) is 10.9 Å². The minimum atomic E-state index is -0.0268. The van der Waals surface area contributed by atoms with E-state index in [0.717, 1.165) is 33.8 Å². The van der Waals surface area contributed by atoms with Gasteiger partial charge in [-0.1, -0.05) is 30.3 Å². The van der Waals surface area contributed by atoms with Gasteiger partial charge < -0.3 is 10.3 Å². The van der Waals surface area contributed by atoms with Crippen LogP contribution in [0.25, 0.3) is 11.6 Å². The largest absolute Gasteiger partial charge is 0.359 e. The van der Waals surface area contributed by atoms with E-state index in [4.69, 9.17) is 0 Å². The summed E-state index contributed by atoms with van der Waals surface area (Å²) < 4.78 is 0. The number of nitrogens with one attached hydrogen (secondary N) is 2. The molecular formula is C18H18N2O. The first-order valence-corrected chi connectivity index (χ1v) is 7.02. The normalized spacial score (nSPS) is 16.7. The van der Waals surface area contributed by atoms with Crippen LogP contribution in [0.5, 0.6) is 0 Å². The molecule has 0 bridgehead atoms. The van der Waals surface area contributed by atoms with Crippen molar-refractivity contribution >= 4 is 17.6 Å². The Labute approximate surface area is 124 Å². The van der Waals surface area contributed by atoms with E-state index in [1.807, 2.05) is 50.3 Å². The van der Waals surface area contributed by atoms with E-state index >= 15 is 0 Å². The van der Waals surface area contributed by atoms with E-state index in [1.165, 1.54) is 5.56 Å². The Morgan fingerprint density at radius 2 is 1.76 bits per heavy atom. The van der Waals surface area contributed by atoms with Crippen molar-refractivity contribution in [2.24, 2.45) is 0 Å². The maximum atomic E-state index is 12.0. The molecule has 2 N–H and O–H groups in total. The summed E-state index contributed by atoms with van der Waals surface area (Å²) in [6.45, 7) is 5.96. The molecule has 0 aliphatic carbocycles. The molecule has 0 spiro atoms. The third-order valence-electron chi connectivity index (χ3n) is 3.77. The second-order valence-corrected chi connectivity index (χ2v) is 5.43. The van der Waals surface area contributed by atoms with Crippen LogP contribution in [0.3, 0.4) is 0 Å². The molecule has 1 amide bonds. The quantitative estimate of drug-likeness (QED) is 0.866. The third kappa shape index (κ3) is 2.42. The molecule has 0 saturated heterocycles. The van der Waals surface area contributed by atoms with Gasteiger partial charge in [0.15, 0.2) is 0 Å². The predicted molar refractivity (Wildman–Crippen MR) is 85.4 cm³/mol. The monoisotopic (exact) mass is 278 g/mol. The Balaban J connectivity index is 2.11. The van der Waals surface area contributed by atoms with Crippen LogP contribution in [-0.2, 0) is 4.79 Å². The van der Waals surface area contributed by atoms with Crippen molar-refractivity contribution in [1.82, 2.24) is 10.3 Å². The lowest BCUT2D eigenvalue weighted by molar-refractivity contribution is -0.116. The van der Waals surface area contributed by atoms with Gasteiger partial charge in [0.2, 0.25) is 0 Å². The summed E-state index contributed by atoms with van der Waals surface area (Å²) >= 11 is 0. The Kier molecular flexibility index (Phi) is 3.26. The molecule has 3 nitrogen and oxygen atoms in total. The number of aromatic amines is 1. The number of aryl methyl sites for hydroxylation is 2. The second-order valence-electron chi connectivity index (χ2n) is 5.43. The number of hydrogen-bond acceptors (Lipinski definition) is 1. The van der Waals surface area contributed by atoms with E-state index in [-0.39, 0.29) is 5.91 Å². The van der Waals surface area contributed by atoms with Crippen molar-refractivity contribution in [3.63, 3.8) is 0 Å². The van der Waals surface area contributed by atoms with Gasteiger partial charge in [-0.2, -0.15) is 0 Å². The molecule has 1 aromatic heterocycles. The molecular weight excluding hydrogens is 260 g/mol. The molecule has 0 fully saturated rings. The molecule has 0 saturated carbocycles. The van der Waals surface area contributed by atoms with Gasteiger partial charge in [-0.15, -0.1) is 0 Å². The van der Waals surface area contributed by atoms with Gasteiger partial charge in [0.1, 0.15) is 0 Å². The van der Waals surface area contributed by atoms with Gasteiger partial charge in [-0.3, -0.25) is 4.79 Å². The Morgan fingerprint density at radius 1 is 1.05 bits per heavy atom. The first-order valence-electron chi connectivity index (χ1n) is 7.02. The highest BCUT2D eigenvalue weighted by atomic mass is 16.1. The molecule has 21 heavy (non-hydrogen) atoms. The lowest BCUT2D eigenvalue weighted by Crippen LogP contribution is -2.15. The fourth-order valence-corrected chi connectivity index (χ4v) is 2.72. The van der Waals surface area contributed by atoms with Crippen molar-refractivity contribution in [1.29, 1.82) is 0 Å². The van der Waals surface area contributed by atoms with Crippen molar-refractivity contribution < 1.29 is 4.79 Å².